The molecule has 0 aliphatic rings. The first kappa shape index (κ1) is 16.0. The molecule has 0 atom stereocenters. The molecule has 0 saturated heterocycles. The molecular formula is C17H12Br2N2O2. The number of amides is 1. The molecule has 0 spiro atoms. The van der Waals surface area contributed by atoms with Gasteiger partial charge in [-0.1, -0.05) is 34.1 Å². The average molecular weight is 436 g/mol. The fourth-order valence-electron chi connectivity index (χ4n) is 2.08. The monoisotopic (exact) mass is 434 g/mol. The van der Waals surface area contributed by atoms with Gasteiger partial charge >= 0.3 is 0 Å². The van der Waals surface area contributed by atoms with Crippen molar-refractivity contribution in [3.05, 3.63) is 68.9 Å². The third-order valence-corrected chi connectivity index (χ3v) is 4.36. The summed E-state index contributed by atoms with van der Waals surface area (Å²) in [6.07, 6.45) is 0. The Morgan fingerprint density at radius 2 is 1.87 bits per heavy atom. The number of nitrogens with zero attached hydrogens (tertiary/aromatic N) is 1. The second kappa shape index (κ2) is 6.68. The lowest BCUT2D eigenvalue weighted by Crippen LogP contribution is -2.13. The standard InChI is InChI=1S/C17H12Br2N2O2/c1-10-15(21-17(23-10)11-5-3-2-4-6-11)16(22)20-14-8-7-12(18)9-13(14)19/h2-9H,1H3,(H,20,22). The molecule has 0 aliphatic heterocycles. The predicted octanol–water partition coefficient (Wildman–Crippen LogP) is 5.43. The lowest BCUT2D eigenvalue weighted by atomic mass is 10.2. The number of aromatic nitrogens is 1. The molecule has 0 fully saturated rings. The zero-order valence-electron chi connectivity index (χ0n) is 12.1. The van der Waals surface area contributed by atoms with Crippen LogP contribution in [0.5, 0.6) is 0 Å². The van der Waals surface area contributed by atoms with Gasteiger partial charge in [0, 0.05) is 14.5 Å². The molecule has 0 unspecified atom stereocenters. The molecule has 0 bridgehead atoms. The van der Waals surface area contributed by atoms with E-state index in [-0.39, 0.29) is 11.6 Å². The first-order chi connectivity index (χ1) is 11.0. The maximum absolute atomic E-state index is 12.5. The van der Waals surface area contributed by atoms with E-state index in [0.29, 0.717) is 17.3 Å². The third-order valence-electron chi connectivity index (χ3n) is 3.21. The molecule has 4 nitrogen and oxygen atoms in total. The van der Waals surface area contributed by atoms with Gasteiger partial charge in [0.1, 0.15) is 5.76 Å². The number of halogens is 2. The molecule has 6 heteroatoms. The summed E-state index contributed by atoms with van der Waals surface area (Å²) in [4.78, 5) is 16.8. The third kappa shape index (κ3) is 3.54. The Morgan fingerprint density at radius 1 is 1.13 bits per heavy atom. The fourth-order valence-corrected chi connectivity index (χ4v) is 3.23. The lowest BCUT2D eigenvalue weighted by Gasteiger charge is -2.06. The Hall–Kier alpha value is -1.92. The van der Waals surface area contributed by atoms with Crippen molar-refractivity contribution < 1.29 is 9.21 Å². The molecule has 2 aromatic carbocycles. The highest BCUT2D eigenvalue weighted by Crippen LogP contribution is 2.27. The van der Waals surface area contributed by atoms with Crippen LogP contribution in [0.1, 0.15) is 16.2 Å². The highest BCUT2D eigenvalue weighted by atomic mass is 79.9. The van der Waals surface area contributed by atoms with Gasteiger partial charge in [-0.05, 0) is 53.2 Å². The number of carbonyl (C=O) groups is 1. The number of aryl methyl sites for hydroxylation is 1. The predicted molar refractivity (Wildman–Crippen MR) is 96.5 cm³/mol. The molecule has 3 rings (SSSR count). The van der Waals surface area contributed by atoms with Crippen LogP contribution in [0.25, 0.3) is 11.5 Å². The Balaban J connectivity index is 1.87. The first-order valence-electron chi connectivity index (χ1n) is 6.84. The van der Waals surface area contributed by atoms with E-state index >= 15 is 0 Å². The van der Waals surface area contributed by atoms with Gasteiger partial charge in [0.05, 0.1) is 5.69 Å². The highest BCUT2D eigenvalue weighted by molar-refractivity contribution is 9.11. The van der Waals surface area contributed by atoms with Gasteiger partial charge in [0.15, 0.2) is 5.69 Å². The van der Waals surface area contributed by atoms with E-state index in [9.17, 15) is 4.79 Å². The second-order valence-electron chi connectivity index (χ2n) is 4.87. The molecule has 0 aliphatic carbocycles. The van der Waals surface area contributed by atoms with E-state index in [1.807, 2.05) is 42.5 Å². The summed E-state index contributed by atoms with van der Waals surface area (Å²) in [5, 5.41) is 2.83. The van der Waals surface area contributed by atoms with Gasteiger partial charge in [-0.2, -0.15) is 0 Å². The summed E-state index contributed by atoms with van der Waals surface area (Å²) in [7, 11) is 0. The van der Waals surface area contributed by atoms with Crippen LogP contribution in [0.2, 0.25) is 0 Å². The number of carbonyl (C=O) groups excluding carboxylic acids is 1. The second-order valence-corrected chi connectivity index (χ2v) is 6.64. The zero-order valence-corrected chi connectivity index (χ0v) is 15.3. The van der Waals surface area contributed by atoms with Gasteiger partial charge in [-0.15, -0.1) is 0 Å². The van der Waals surface area contributed by atoms with Crippen LogP contribution in [0.15, 0.2) is 61.9 Å². The molecule has 1 amide bonds. The van der Waals surface area contributed by atoms with E-state index in [0.717, 1.165) is 14.5 Å². The molecule has 0 radical (unpaired) electrons. The minimum absolute atomic E-state index is 0.277. The largest absolute Gasteiger partial charge is 0.441 e. The number of hydrogen-bond donors (Lipinski definition) is 1. The van der Waals surface area contributed by atoms with Crippen LogP contribution >= 0.6 is 31.9 Å². The minimum atomic E-state index is -0.309. The zero-order chi connectivity index (χ0) is 16.4. The van der Waals surface area contributed by atoms with Crippen LogP contribution in [0.3, 0.4) is 0 Å². The van der Waals surface area contributed by atoms with Crippen LogP contribution < -0.4 is 5.32 Å². The summed E-state index contributed by atoms with van der Waals surface area (Å²) in [5.41, 5.74) is 1.78. The van der Waals surface area contributed by atoms with Crippen molar-refractivity contribution in [1.82, 2.24) is 4.98 Å². The molecule has 3 aromatic rings. The number of anilines is 1. The van der Waals surface area contributed by atoms with Crippen molar-refractivity contribution in [2.24, 2.45) is 0 Å². The Labute approximate surface area is 150 Å². The van der Waals surface area contributed by atoms with Crippen molar-refractivity contribution in [1.29, 1.82) is 0 Å². The topological polar surface area (TPSA) is 55.1 Å². The Kier molecular flexibility index (Phi) is 4.63. The highest BCUT2D eigenvalue weighted by Gasteiger charge is 2.18. The minimum Gasteiger partial charge on any atom is -0.441 e. The van der Waals surface area contributed by atoms with Gasteiger partial charge in [-0.3, -0.25) is 4.79 Å². The van der Waals surface area contributed by atoms with Crippen LogP contribution in [0, 0.1) is 6.92 Å². The quantitative estimate of drug-likeness (QED) is 0.596. The smallest absolute Gasteiger partial charge is 0.277 e. The van der Waals surface area contributed by atoms with Crippen molar-refractivity contribution in [2.75, 3.05) is 5.32 Å². The number of nitrogens with one attached hydrogen (secondary N) is 1. The summed E-state index contributed by atoms with van der Waals surface area (Å²) < 4.78 is 7.32. The van der Waals surface area contributed by atoms with Gasteiger partial charge in [0.2, 0.25) is 5.89 Å². The molecular weight excluding hydrogens is 424 g/mol. The van der Waals surface area contributed by atoms with E-state index in [1.165, 1.54) is 0 Å². The van der Waals surface area contributed by atoms with Crippen molar-refractivity contribution in [3.8, 4) is 11.5 Å². The molecule has 1 heterocycles. The SMILES string of the molecule is Cc1oc(-c2ccccc2)nc1C(=O)Nc1ccc(Br)cc1Br. The molecule has 23 heavy (non-hydrogen) atoms. The van der Waals surface area contributed by atoms with Crippen LogP contribution in [0.4, 0.5) is 5.69 Å². The normalized spacial score (nSPS) is 10.6. The molecule has 1 aromatic heterocycles. The van der Waals surface area contributed by atoms with E-state index in [2.05, 4.69) is 42.2 Å². The van der Waals surface area contributed by atoms with E-state index < -0.39 is 0 Å². The van der Waals surface area contributed by atoms with Crippen molar-refractivity contribution in [3.63, 3.8) is 0 Å². The summed E-state index contributed by atoms with van der Waals surface area (Å²) in [6.45, 7) is 1.73. The van der Waals surface area contributed by atoms with Crippen molar-refractivity contribution in [2.45, 2.75) is 6.92 Å². The summed E-state index contributed by atoms with van der Waals surface area (Å²) in [6, 6.07) is 15.0. The Bertz CT molecular complexity index is 860. The van der Waals surface area contributed by atoms with Crippen LogP contribution in [-0.4, -0.2) is 10.9 Å². The number of rotatable bonds is 3. The number of benzene rings is 2. The Morgan fingerprint density at radius 3 is 2.57 bits per heavy atom. The van der Waals surface area contributed by atoms with Gasteiger partial charge in [-0.25, -0.2) is 4.98 Å². The van der Waals surface area contributed by atoms with Crippen LogP contribution in [-0.2, 0) is 0 Å². The number of oxazole rings is 1. The fraction of sp³-hybridized carbons (Fsp3) is 0.0588. The molecule has 1 N–H and O–H groups in total. The van der Waals surface area contributed by atoms with E-state index in [4.69, 9.17) is 4.42 Å². The summed E-state index contributed by atoms with van der Waals surface area (Å²) >= 11 is 6.80. The maximum atomic E-state index is 12.5. The molecule has 116 valence electrons. The average Bonchev–Trinajstić information content (AvgIpc) is 2.93. The summed E-state index contributed by atoms with van der Waals surface area (Å²) in [5.74, 6) is 0.606. The molecule has 0 saturated carbocycles. The van der Waals surface area contributed by atoms with Gasteiger partial charge < -0.3 is 9.73 Å². The van der Waals surface area contributed by atoms with E-state index in [1.54, 1.807) is 13.0 Å². The maximum Gasteiger partial charge on any atom is 0.277 e. The van der Waals surface area contributed by atoms with Gasteiger partial charge in [0.25, 0.3) is 5.91 Å². The van der Waals surface area contributed by atoms with Crippen molar-refractivity contribution >= 4 is 43.5 Å². The lowest BCUT2D eigenvalue weighted by molar-refractivity contribution is 0.102. The first-order valence-corrected chi connectivity index (χ1v) is 8.42. The number of hydrogen-bond acceptors (Lipinski definition) is 3.